The van der Waals surface area contributed by atoms with Crippen LogP contribution in [0.5, 0.6) is 0 Å². The molecule has 1 aromatic heterocycles. The van der Waals surface area contributed by atoms with Crippen molar-refractivity contribution in [1.29, 1.82) is 0 Å². The number of benzene rings is 1. The van der Waals surface area contributed by atoms with E-state index < -0.39 is 35.2 Å². The molecule has 1 saturated heterocycles. The Kier molecular flexibility index (Phi) is 5.99. The summed E-state index contributed by atoms with van der Waals surface area (Å²) in [6.07, 6.45) is 0.368. The molecular weight excluding hydrogens is 436 g/mol. The number of nitro benzene ring substituents is 1. The van der Waals surface area contributed by atoms with Crippen LogP contribution in [0.2, 0.25) is 0 Å². The number of thiocarbonyl (C=S) groups is 1. The number of aliphatic carboxylic acids is 2. The highest BCUT2D eigenvalue weighted by molar-refractivity contribution is 8.26. The minimum atomic E-state index is -1.79. The average Bonchev–Trinajstić information content (AvgIpc) is 3.25. The smallest absolute Gasteiger partial charge is 0.269 e. The maximum Gasteiger partial charge on any atom is 0.269 e. The Balaban J connectivity index is 1.83. The molecule has 1 fully saturated rings. The van der Waals surface area contributed by atoms with E-state index in [9.17, 15) is 34.7 Å². The number of carbonyl (C=O) groups excluding carboxylic acids is 3. The highest BCUT2D eigenvalue weighted by atomic mass is 32.2. The second-order valence-electron chi connectivity index (χ2n) is 5.97. The molecule has 0 aliphatic carbocycles. The largest absolute Gasteiger partial charge is 0.550 e. The van der Waals surface area contributed by atoms with Crippen LogP contribution in [-0.4, -0.2) is 38.0 Å². The van der Waals surface area contributed by atoms with Crippen molar-refractivity contribution in [3.63, 3.8) is 0 Å². The molecule has 0 spiro atoms. The van der Waals surface area contributed by atoms with Crippen molar-refractivity contribution in [2.24, 2.45) is 0 Å². The molecule has 1 amide bonds. The maximum atomic E-state index is 12.6. The molecule has 2 aromatic rings. The van der Waals surface area contributed by atoms with Crippen LogP contribution in [0.3, 0.4) is 0 Å². The summed E-state index contributed by atoms with van der Waals surface area (Å²) >= 11 is 5.80. The standard InChI is InChI=1S/C18H12N2O8S2/c21-15(22)8-12(17(24)25)19-16(23)14(30-18(19)29)7-11-5-6-13(28-11)9-1-3-10(4-2-9)20(26)27/h1-7,12H,8H2,(H,21,22)(H,24,25)/p-2/b14-7+/t12-/m0/s1. The number of furan rings is 1. The molecule has 2 heterocycles. The third-order valence-electron chi connectivity index (χ3n) is 4.03. The van der Waals surface area contributed by atoms with E-state index in [-0.39, 0.29) is 20.7 Å². The minimum absolute atomic E-state index is 0.0363. The zero-order valence-electron chi connectivity index (χ0n) is 14.8. The number of amides is 1. The quantitative estimate of drug-likeness (QED) is 0.251. The van der Waals surface area contributed by atoms with Crippen molar-refractivity contribution >= 4 is 57.9 Å². The number of rotatable bonds is 7. The number of nitro groups is 1. The molecule has 1 atom stereocenters. The van der Waals surface area contributed by atoms with E-state index in [1.807, 2.05) is 0 Å². The van der Waals surface area contributed by atoms with Gasteiger partial charge in [0.2, 0.25) is 0 Å². The van der Waals surface area contributed by atoms with Crippen LogP contribution in [0.1, 0.15) is 12.2 Å². The molecule has 154 valence electrons. The van der Waals surface area contributed by atoms with Crippen molar-refractivity contribution in [1.82, 2.24) is 4.90 Å². The van der Waals surface area contributed by atoms with E-state index in [0.717, 1.165) is 11.8 Å². The lowest BCUT2D eigenvalue weighted by Gasteiger charge is -2.27. The summed E-state index contributed by atoms with van der Waals surface area (Å²) in [5.41, 5.74) is 0.493. The van der Waals surface area contributed by atoms with Gasteiger partial charge in [0, 0.05) is 36.2 Å². The third-order valence-corrected chi connectivity index (χ3v) is 5.36. The second kappa shape index (κ2) is 8.47. The van der Waals surface area contributed by atoms with Gasteiger partial charge in [0.1, 0.15) is 15.8 Å². The van der Waals surface area contributed by atoms with Crippen LogP contribution in [0.15, 0.2) is 45.7 Å². The van der Waals surface area contributed by atoms with Gasteiger partial charge >= 0.3 is 0 Å². The Morgan fingerprint density at radius 1 is 1.20 bits per heavy atom. The van der Waals surface area contributed by atoms with Crippen molar-refractivity contribution in [2.45, 2.75) is 12.5 Å². The Bertz CT molecular complexity index is 1090. The van der Waals surface area contributed by atoms with Crippen molar-refractivity contribution in [3.05, 3.63) is 57.2 Å². The van der Waals surface area contributed by atoms with Gasteiger partial charge in [0.15, 0.2) is 0 Å². The molecular formula is C18H10N2O8S2-2. The normalized spacial score (nSPS) is 16.1. The maximum absolute atomic E-state index is 12.6. The van der Waals surface area contributed by atoms with Crippen molar-refractivity contribution in [3.8, 4) is 11.3 Å². The fourth-order valence-corrected chi connectivity index (χ4v) is 3.99. The summed E-state index contributed by atoms with van der Waals surface area (Å²) in [5, 5.41) is 32.8. The van der Waals surface area contributed by atoms with Gasteiger partial charge in [-0.2, -0.15) is 0 Å². The number of hydrogen-bond acceptors (Lipinski definition) is 10. The van der Waals surface area contributed by atoms with E-state index in [1.165, 1.54) is 30.3 Å². The molecule has 1 aliphatic heterocycles. The predicted octanol–water partition coefficient (Wildman–Crippen LogP) is 0.315. The molecule has 0 unspecified atom stereocenters. The van der Waals surface area contributed by atoms with Crippen LogP contribution in [0.25, 0.3) is 17.4 Å². The average molecular weight is 446 g/mol. The Labute approximate surface area is 177 Å². The van der Waals surface area contributed by atoms with Crippen LogP contribution < -0.4 is 10.2 Å². The summed E-state index contributed by atoms with van der Waals surface area (Å²) in [7, 11) is 0. The van der Waals surface area contributed by atoms with E-state index in [1.54, 1.807) is 12.1 Å². The predicted molar refractivity (Wildman–Crippen MR) is 104 cm³/mol. The van der Waals surface area contributed by atoms with E-state index in [4.69, 9.17) is 16.6 Å². The molecule has 0 bridgehead atoms. The third kappa shape index (κ3) is 4.39. The van der Waals surface area contributed by atoms with Gasteiger partial charge in [0.05, 0.1) is 21.8 Å². The Hall–Kier alpha value is -3.51. The van der Waals surface area contributed by atoms with E-state index in [0.29, 0.717) is 16.2 Å². The van der Waals surface area contributed by atoms with Crippen molar-refractivity contribution < 1.29 is 33.9 Å². The van der Waals surface area contributed by atoms with Gasteiger partial charge < -0.3 is 24.2 Å². The van der Waals surface area contributed by atoms with Crippen molar-refractivity contribution in [2.75, 3.05) is 0 Å². The van der Waals surface area contributed by atoms with E-state index in [2.05, 4.69) is 0 Å². The zero-order chi connectivity index (χ0) is 22.0. The number of hydrogen-bond donors (Lipinski definition) is 0. The number of non-ortho nitro benzene ring substituents is 1. The van der Waals surface area contributed by atoms with Gasteiger partial charge in [-0.15, -0.1) is 0 Å². The number of nitrogens with zero attached hydrogens (tertiary/aromatic N) is 2. The van der Waals surface area contributed by atoms with Gasteiger partial charge in [-0.1, -0.05) is 24.0 Å². The summed E-state index contributed by atoms with van der Waals surface area (Å²) in [4.78, 5) is 45.5. The fourth-order valence-electron chi connectivity index (χ4n) is 2.65. The SMILES string of the molecule is O=C([O-])C[C@@H](C(=O)[O-])N1C(=O)/C(=C\c2ccc(-c3ccc([N+](=O)[O-])cc3)o2)SC1=S. The highest BCUT2D eigenvalue weighted by Crippen LogP contribution is 2.35. The van der Waals surface area contributed by atoms with Crippen LogP contribution in [0, 0.1) is 10.1 Å². The summed E-state index contributed by atoms with van der Waals surface area (Å²) in [5.74, 6) is -3.60. The first-order valence-electron chi connectivity index (χ1n) is 8.20. The van der Waals surface area contributed by atoms with Gasteiger partial charge in [-0.3, -0.25) is 19.8 Å². The number of thioether (sulfide) groups is 1. The Morgan fingerprint density at radius 3 is 2.43 bits per heavy atom. The van der Waals surface area contributed by atoms with Crippen LogP contribution in [0.4, 0.5) is 5.69 Å². The lowest BCUT2D eigenvalue weighted by atomic mass is 10.1. The molecule has 10 nitrogen and oxygen atoms in total. The number of carboxylic acids is 2. The lowest BCUT2D eigenvalue weighted by Crippen LogP contribution is -2.52. The minimum Gasteiger partial charge on any atom is -0.550 e. The molecule has 3 rings (SSSR count). The monoisotopic (exact) mass is 446 g/mol. The van der Waals surface area contributed by atoms with Crippen LogP contribution >= 0.6 is 24.0 Å². The molecule has 12 heteroatoms. The molecule has 1 aliphatic rings. The first-order chi connectivity index (χ1) is 14.2. The molecule has 0 radical (unpaired) electrons. The Morgan fingerprint density at radius 2 is 1.87 bits per heavy atom. The lowest BCUT2D eigenvalue weighted by molar-refractivity contribution is -0.384. The van der Waals surface area contributed by atoms with Gasteiger partial charge in [-0.25, -0.2) is 0 Å². The summed E-state index contributed by atoms with van der Waals surface area (Å²) < 4.78 is 5.48. The first-order valence-corrected chi connectivity index (χ1v) is 9.42. The fraction of sp³-hybridized carbons (Fsp3) is 0.111. The second-order valence-corrected chi connectivity index (χ2v) is 7.64. The number of carbonyl (C=O) groups is 3. The van der Waals surface area contributed by atoms with E-state index >= 15 is 0 Å². The molecule has 0 saturated carbocycles. The summed E-state index contributed by atoms with van der Waals surface area (Å²) in [6.45, 7) is 0. The van der Waals surface area contributed by atoms with Gasteiger partial charge in [0.25, 0.3) is 11.6 Å². The zero-order valence-corrected chi connectivity index (χ0v) is 16.4. The number of carboxylic acid groups (broad SMARTS) is 2. The molecule has 1 aromatic carbocycles. The van der Waals surface area contributed by atoms with Crippen LogP contribution in [-0.2, 0) is 14.4 Å². The summed E-state index contributed by atoms with van der Waals surface area (Å²) in [6, 6.07) is 6.99. The molecule has 0 N–H and O–H groups in total. The molecule has 30 heavy (non-hydrogen) atoms. The first kappa shape index (κ1) is 21.2. The highest BCUT2D eigenvalue weighted by Gasteiger charge is 2.38. The van der Waals surface area contributed by atoms with Gasteiger partial charge in [-0.05, 0) is 24.3 Å². The topological polar surface area (TPSA) is 157 Å².